The lowest BCUT2D eigenvalue weighted by atomic mass is 9.90. The van der Waals surface area contributed by atoms with Crippen LogP contribution in [0.5, 0.6) is 5.75 Å². The molecular formula is C26H33ClN4O4. The molecule has 1 aromatic carbocycles. The van der Waals surface area contributed by atoms with Crippen LogP contribution in [0.2, 0.25) is 5.02 Å². The monoisotopic (exact) mass is 500 g/mol. The van der Waals surface area contributed by atoms with Crippen molar-refractivity contribution in [1.82, 2.24) is 20.4 Å². The summed E-state index contributed by atoms with van der Waals surface area (Å²) in [7, 11) is 1.78. The molecule has 35 heavy (non-hydrogen) atoms. The smallest absolute Gasteiger partial charge is 0.161 e. The molecule has 9 heteroatoms. The molecule has 3 atom stereocenters. The number of hydrogen-bond acceptors (Lipinski definition) is 8. The van der Waals surface area contributed by atoms with Gasteiger partial charge < -0.3 is 24.4 Å². The maximum Gasteiger partial charge on any atom is 0.161 e. The number of likely N-dealkylation sites (N-methyl/N-ethyl adjacent to an activating group) is 1. The normalized spacial score (nSPS) is 18.7. The summed E-state index contributed by atoms with van der Waals surface area (Å²) >= 11 is 6.62. The van der Waals surface area contributed by atoms with Crippen LogP contribution in [0.1, 0.15) is 29.6 Å². The Kier molecular flexibility index (Phi) is 8.06. The molecular weight excluding hydrogens is 468 g/mol. The highest BCUT2D eigenvalue weighted by molar-refractivity contribution is 6.33. The number of aliphatic hydroxyl groups excluding tert-OH is 1. The highest BCUT2D eigenvalue weighted by Crippen LogP contribution is 2.36. The van der Waals surface area contributed by atoms with Crippen molar-refractivity contribution in [3.63, 3.8) is 0 Å². The third kappa shape index (κ3) is 5.67. The van der Waals surface area contributed by atoms with Crippen LogP contribution >= 0.6 is 11.6 Å². The molecule has 0 bridgehead atoms. The van der Waals surface area contributed by atoms with E-state index in [1.807, 2.05) is 26.8 Å². The van der Waals surface area contributed by atoms with Crippen molar-refractivity contribution in [2.45, 2.75) is 40.2 Å². The van der Waals surface area contributed by atoms with Crippen molar-refractivity contribution in [2.24, 2.45) is 11.8 Å². The topological polar surface area (TPSA) is 103 Å². The molecule has 2 aromatic heterocycles. The minimum atomic E-state index is -0.622. The minimum absolute atomic E-state index is 0.159. The molecule has 0 spiro atoms. The van der Waals surface area contributed by atoms with E-state index in [1.165, 1.54) is 0 Å². The van der Waals surface area contributed by atoms with Gasteiger partial charge in [-0.2, -0.15) is 0 Å². The zero-order chi connectivity index (χ0) is 25.1. The first kappa shape index (κ1) is 25.6. The van der Waals surface area contributed by atoms with Gasteiger partial charge in [0.1, 0.15) is 24.2 Å². The van der Waals surface area contributed by atoms with Crippen LogP contribution < -0.4 is 10.1 Å². The number of halogens is 1. The summed E-state index contributed by atoms with van der Waals surface area (Å²) in [6.07, 6.45) is 0.159. The van der Waals surface area contributed by atoms with Crippen LogP contribution in [0, 0.1) is 32.6 Å². The zero-order valence-electron chi connectivity index (χ0n) is 20.9. The molecule has 188 valence electrons. The Morgan fingerprint density at radius 2 is 2.03 bits per heavy atom. The number of aliphatic hydroxyl groups is 1. The Morgan fingerprint density at radius 1 is 1.23 bits per heavy atom. The number of hydrogen-bond donors (Lipinski definition) is 2. The predicted octanol–water partition coefficient (Wildman–Crippen LogP) is 4.16. The third-order valence-electron chi connectivity index (χ3n) is 6.55. The van der Waals surface area contributed by atoms with Gasteiger partial charge in [-0.25, -0.2) is 9.97 Å². The van der Waals surface area contributed by atoms with Gasteiger partial charge in [-0.3, -0.25) is 0 Å². The molecule has 3 heterocycles. The Morgan fingerprint density at radius 3 is 2.69 bits per heavy atom. The van der Waals surface area contributed by atoms with Crippen LogP contribution in [0.15, 0.2) is 22.7 Å². The molecule has 3 aromatic rings. The molecule has 0 aliphatic carbocycles. The first-order chi connectivity index (χ1) is 16.8. The summed E-state index contributed by atoms with van der Waals surface area (Å²) < 4.78 is 17.0. The molecule has 1 aliphatic heterocycles. The van der Waals surface area contributed by atoms with E-state index < -0.39 is 6.10 Å². The van der Waals surface area contributed by atoms with Gasteiger partial charge in [-0.15, -0.1) is 0 Å². The van der Waals surface area contributed by atoms with E-state index in [-0.39, 0.29) is 6.61 Å². The molecule has 1 fully saturated rings. The average Bonchev–Trinajstić information content (AvgIpc) is 3.39. The quantitative estimate of drug-likeness (QED) is 0.451. The predicted molar refractivity (Wildman–Crippen MR) is 135 cm³/mol. The van der Waals surface area contributed by atoms with Gasteiger partial charge in [-0.05, 0) is 69.8 Å². The van der Waals surface area contributed by atoms with Crippen molar-refractivity contribution in [2.75, 3.05) is 33.4 Å². The number of aromatic nitrogens is 3. The van der Waals surface area contributed by atoms with Gasteiger partial charge in [0, 0.05) is 24.4 Å². The first-order valence-electron chi connectivity index (χ1n) is 11.9. The average molecular weight is 501 g/mol. The van der Waals surface area contributed by atoms with E-state index in [9.17, 15) is 5.11 Å². The van der Waals surface area contributed by atoms with E-state index in [2.05, 4.69) is 17.4 Å². The molecule has 0 saturated carbocycles. The van der Waals surface area contributed by atoms with Gasteiger partial charge >= 0.3 is 0 Å². The van der Waals surface area contributed by atoms with Crippen LogP contribution in [0.25, 0.3) is 22.6 Å². The second-order valence-corrected chi connectivity index (χ2v) is 9.72. The van der Waals surface area contributed by atoms with E-state index >= 15 is 0 Å². The largest absolute Gasteiger partial charge is 0.491 e. The molecule has 0 amide bonds. The van der Waals surface area contributed by atoms with E-state index in [0.29, 0.717) is 46.3 Å². The number of ether oxygens (including phenoxy) is 2. The Balaban J connectivity index is 1.77. The van der Waals surface area contributed by atoms with Gasteiger partial charge in [0.25, 0.3) is 0 Å². The van der Waals surface area contributed by atoms with E-state index in [0.717, 1.165) is 47.8 Å². The fraction of sp³-hybridized carbons (Fsp3) is 0.500. The van der Waals surface area contributed by atoms with Gasteiger partial charge in [0.05, 0.1) is 28.6 Å². The lowest BCUT2D eigenvalue weighted by molar-refractivity contribution is 0.108. The molecule has 1 aliphatic rings. The fourth-order valence-electron chi connectivity index (χ4n) is 4.41. The highest BCUT2D eigenvalue weighted by Gasteiger charge is 2.28. The number of aryl methyl sites for hydroxylation is 2. The summed E-state index contributed by atoms with van der Waals surface area (Å²) in [5.74, 6) is 2.65. The third-order valence-corrected chi connectivity index (χ3v) is 6.88. The summed E-state index contributed by atoms with van der Waals surface area (Å²) in [6, 6.07) is 5.36. The summed E-state index contributed by atoms with van der Waals surface area (Å²) in [5.41, 5.74) is 5.07. The van der Waals surface area contributed by atoms with Crippen LogP contribution in [0.3, 0.4) is 0 Å². The van der Waals surface area contributed by atoms with Crippen LogP contribution in [-0.2, 0) is 11.2 Å². The standard InChI is InChI=1S/C26H33ClN4O4/c1-14-11-33-12-18(14)8-23-15(2)25(24-16(3)31-35-17(24)4)30-26(29-23)21-9-20(6-7-22(21)27)34-13-19(32)10-28-5/h6-7,9,14,18-19,28,32H,8,10-13H2,1-5H3/t14-,18-,19+/m0/s1. The zero-order valence-corrected chi connectivity index (χ0v) is 21.6. The van der Waals surface area contributed by atoms with Crippen molar-refractivity contribution in [1.29, 1.82) is 0 Å². The van der Waals surface area contributed by atoms with Crippen molar-refractivity contribution < 1.29 is 19.1 Å². The van der Waals surface area contributed by atoms with Crippen molar-refractivity contribution in [3.05, 3.63) is 45.9 Å². The molecule has 2 N–H and O–H groups in total. The second kappa shape index (κ2) is 11.0. The van der Waals surface area contributed by atoms with Gasteiger partial charge in [0.15, 0.2) is 5.82 Å². The van der Waals surface area contributed by atoms with Gasteiger partial charge in [-0.1, -0.05) is 23.7 Å². The molecule has 4 rings (SSSR count). The molecule has 1 saturated heterocycles. The summed E-state index contributed by atoms with van der Waals surface area (Å²) in [5, 5.41) is 17.6. The van der Waals surface area contributed by atoms with Crippen molar-refractivity contribution in [3.8, 4) is 28.4 Å². The maximum atomic E-state index is 10.0. The minimum Gasteiger partial charge on any atom is -0.491 e. The van der Waals surface area contributed by atoms with Gasteiger partial charge in [0.2, 0.25) is 0 Å². The second-order valence-electron chi connectivity index (χ2n) is 9.31. The Labute approximate surface area is 211 Å². The van der Waals surface area contributed by atoms with E-state index in [4.69, 9.17) is 35.6 Å². The summed E-state index contributed by atoms with van der Waals surface area (Å²) in [6.45, 7) is 10.2. The lowest BCUT2D eigenvalue weighted by Crippen LogP contribution is -2.29. The SMILES string of the molecule is CNC[C@@H](O)COc1ccc(Cl)c(-c2nc(C[C@H]3COC[C@@H]3C)c(C)c(-c3c(C)noc3C)n2)c1. The fourth-order valence-corrected chi connectivity index (χ4v) is 4.62. The molecule has 0 unspecified atom stereocenters. The highest BCUT2D eigenvalue weighted by atomic mass is 35.5. The molecule has 8 nitrogen and oxygen atoms in total. The number of benzene rings is 1. The molecule has 0 radical (unpaired) electrons. The Bertz CT molecular complexity index is 1160. The maximum absolute atomic E-state index is 10.0. The first-order valence-corrected chi connectivity index (χ1v) is 12.3. The Hall–Kier alpha value is -2.52. The number of nitrogens with zero attached hydrogens (tertiary/aromatic N) is 3. The van der Waals surface area contributed by atoms with Crippen molar-refractivity contribution >= 4 is 11.6 Å². The lowest BCUT2D eigenvalue weighted by Gasteiger charge is -2.18. The van der Waals surface area contributed by atoms with Crippen LogP contribution in [0.4, 0.5) is 0 Å². The number of rotatable bonds is 9. The summed E-state index contributed by atoms with van der Waals surface area (Å²) in [4.78, 5) is 9.93. The van der Waals surface area contributed by atoms with Crippen LogP contribution in [-0.4, -0.2) is 59.7 Å². The van der Waals surface area contributed by atoms with E-state index in [1.54, 1.807) is 19.2 Å². The number of nitrogens with one attached hydrogen (secondary N) is 1.